The molecule has 4 fully saturated rings. The van der Waals surface area contributed by atoms with Crippen molar-refractivity contribution in [3.63, 3.8) is 0 Å². The van der Waals surface area contributed by atoms with Gasteiger partial charge in [-0.2, -0.15) is 0 Å². The van der Waals surface area contributed by atoms with Crippen LogP contribution in [-0.2, 0) is 23.7 Å². The van der Waals surface area contributed by atoms with E-state index in [9.17, 15) is 0 Å². The van der Waals surface area contributed by atoms with Crippen LogP contribution in [0, 0.1) is 11.8 Å². The van der Waals surface area contributed by atoms with E-state index in [0.717, 1.165) is 36.8 Å². The van der Waals surface area contributed by atoms with Gasteiger partial charge in [0.15, 0.2) is 0 Å². The maximum Gasteiger partial charge on any atom is 0.248 e. The molecule has 184 valence electrons. The third-order valence-corrected chi connectivity index (χ3v) is 13.4. The summed E-state index contributed by atoms with van der Waals surface area (Å²) in [5.74, 6) is 1.72. The molecule has 0 atom stereocenters. The van der Waals surface area contributed by atoms with Crippen LogP contribution in [0.5, 0.6) is 0 Å². The number of rotatable bonds is 8. The zero-order chi connectivity index (χ0) is 24.2. The van der Waals surface area contributed by atoms with Crippen molar-refractivity contribution in [1.29, 1.82) is 0 Å². The quantitative estimate of drug-likeness (QED) is 0.219. The fourth-order valence-corrected chi connectivity index (χ4v) is 10.3. The van der Waals surface area contributed by atoms with Crippen LogP contribution in [-0.4, -0.2) is 13.4 Å². The lowest BCUT2D eigenvalue weighted by Gasteiger charge is -2.63. The molecule has 0 saturated heterocycles. The molecular formula is C28H36Cl4Si2. The summed E-state index contributed by atoms with van der Waals surface area (Å²) in [6, 6.07) is 20.9. The Morgan fingerprint density at radius 2 is 1.00 bits per heavy atom. The molecule has 4 aliphatic carbocycles. The highest BCUT2D eigenvalue weighted by molar-refractivity contribution is 7.45. The second-order valence-corrected chi connectivity index (χ2v) is 28.5. The molecule has 4 bridgehead atoms. The van der Waals surface area contributed by atoms with Crippen LogP contribution < -0.4 is 0 Å². The molecule has 0 spiro atoms. The van der Waals surface area contributed by atoms with Crippen LogP contribution in [0.15, 0.2) is 48.5 Å². The molecule has 4 saturated carbocycles. The molecule has 6 heteroatoms. The van der Waals surface area contributed by atoms with Crippen molar-refractivity contribution in [3.8, 4) is 0 Å². The number of hydrogen-bond acceptors (Lipinski definition) is 0. The Kier molecular flexibility index (Phi) is 7.10. The summed E-state index contributed by atoms with van der Waals surface area (Å²) in [6.45, 7) is -0.0594. The van der Waals surface area contributed by atoms with Crippen molar-refractivity contribution in [1.82, 2.24) is 0 Å². The largest absolute Gasteiger partial charge is 0.248 e. The average Bonchev–Trinajstić information content (AvgIpc) is 2.75. The van der Waals surface area contributed by atoms with Crippen LogP contribution in [0.25, 0.3) is 0 Å². The summed E-state index contributed by atoms with van der Waals surface area (Å²) < 4.78 is 0. The standard InChI is InChI=1S/C28H36Cl4Si2/c1-33(29,30)13-11-21-3-7-25(8-4-21)27-16-23-15-24(17-27)19-28(18-23,20-27)26-9-5-22(6-10-26)12-14-34(2,31)32/h3-10,23-24H,11-20H2,1-2H3. The van der Waals surface area contributed by atoms with E-state index in [1.165, 1.54) is 49.7 Å². The van der Waals surface area contributed by atoms with Gasteiger partial charge in [-0.05, 0) is 121 Å². The lowest BCUT2D eigenvalue weighted by molar-refractivity contribution is -0.0281. The number of benzene rings is 2. The van der Waals surface area contributed by atoms with Gasteiger partial charge in [0.25, 0.3) is 0 Å². The zero-order valence-electron chi connectivity index (χ0n) is 20.4. The minimum Gasteiger partial charge on any atom is -0.146 e. The summed E-state index contributed by atoms with van der Waals surface area (Å²) in [6.07, 6.45) is 10.2. The van der Waals surface area contributed by atoms with Crippen molar-refractivity contribution in [2.24, 2.45) is 11.8 Å². The molecule has 0 radical (unpaired) electrons. The van der Waals surface area contributed by atoms with Gasteiger partial charge >= 0.3 is 0 Å². The zero-order valence-corrected chi connectivity index (χ0v) is 25.4. The lowest BCUT2D eigenvalue weighted by atomic mass is 9.41. The van der Waals surface area contributed by atoms with Gasteiger partial charge in [-0.3, -0.25) is 0 Å². The molecule has 0 aliphatic heterocycles. The van der Waals surface area contributed by atoms with Crippen molar-refractivity contribution in [2.45, 2.75) is 87.4 Å². The first-order chi connectivity index (χ1) is 15.9. The van der Waals surface area contributed by atoms with Crippen LogP contribution in [0.3, 0.4) is 0 Å². The Balaban J connectivity index is 1.36. The molecule has 0 N–H and O–H groups in total. The molecule has 0 unspecified atom stereocenters. The molecule has 34 heavy (non-hydrogen) atoms. The van der Waals surface area contributed by atoms with Crippen molar-refractivity contribution in [3.05, 3.63) is 70.8 Å². The molecule has 6 rings (SSSR count). The molecule has 4 aliphatic rings. The first kappa shape index (κ1) is 25.7. The molecule has 0 aromatic heterocycles. The Bertz CT molecular complexity index is 911. The topological polar surface area (TPSA) is 0 Å². The Morgan fingerprint density at radius 3 is 1.32 bits per heavy atom. The Hall–Kier alpha value is 0.0338. The Morgan fingerprint density at radius 1 is 0.647 bits per heavy atom. The highest BCUT2D eigenvalue weighted by Gasteiger charge is 2.58. The molecule has 0 amide bonds. The molecule has 0 heterocycles. The predicted molar refractivity (Wildman–Crippen MR) is 155 cm³/mol. The minimum absolute atomic E-state index is 0.341. The third kappa shape index (κ3) is 5.63. The van der Waals surface area contributed by atoms with Crippen molar-refractivity contribution in [2.75, 3.05) is 0 Å². The first-order valence-corrected chi connectivity index (χ1v) is 22.3. The van der Waals surface area contributed by atoms with Gasteiger partial charge in [0, 0.05) is 0 Å². The van der Waals surface area contributed by atoms with Crippen LogP contribution in [0.2, 0.25) is 25.2 Å². The average molecular weight is 571 g/mol. The van der Waals surface area contributed by atoms with Crippen LogP contribution in [0.4, 0.5) is 0 Å². The Labute approximate surface area is 226 Å². The minimum atomic E-state index is -2.04. The smallest absolute Gasteiger partial charge is 0.146 e. The van der Waals surface area contributed by atoms with Crippen molar-refractivity contribution >= 4 is 57.7 Å². The van der Waals surface area contributed by atoms with Gasteiger partial charge < -0.3 is 0 Å². The van der Waals surface area contributed by atoms with E-state index in [-0.39, 0.29) is 0 Å². The fourth-order valence-electron chi connectivity index (χ4n) is 7.72. The summed E-state index contributed by atoms with van der Waals surface area (Å²) in [4.78, 5) is 0. The summed E-state index contributed by atoms with van der Waals surface area (Å²) in [5, 5.41) is 0. The summed E-state index contributed by atoms with van der Waals surface area (Å²) in [5.41, 5.74) is 6.55. The molecule has 0 nitrogen and oxygen atoms in total. The van der Waals surface area contributed by atoms with Crippen molar-refractivity contribution < 1.29 is 0 Å². The van der Waals surface area contributed by atoms with E-state index in [0.29, 0.717) is 10.8 Å². The second-order valence-electron chi connectivity index (χ2n) is 12.1. The van der Waals surface area contributed by atoms with Gasteiger partial charge in [-0.1, -0.05) is 48.5 Å². The van der Waals surface area contributed by atoms with Gasteiger partial charge in [-0.15, -0.1) is 44.3 Å². The van der Waals surface area contributed by atoms with Gasteiger partial charge in [0.2, 0.25) is 13.4 Å². The molecular weight excluding hydrogens is 534 g/mol. The van der Waals surface area contributed by atoms with E-state index in [2.05, 4.69) is 48.5 Å². The maximum absolute atomic E-state index is 6.34. The van der Waals surface area contributed by atoms with Crippen LogP contribution in [0.1, 0.15) is 60.8 Å². The summed E-state index contributed by atoms with van der Waals surface area (Å²) >= 11 is 25.4. The van der Waals surface area contributed by atoms with E-state index in [1.54, 1.807) is 11.1 Å². The number of hydrogen-bond donors (Lipinski definition) is 0. The number of halogens is 4. The number of aryl methyl sites for hydroxylation is 2. The van der Waals surface area contributed by atoms with E-state index in [4.69, 9.17) is 44.3 Å². The van der Waals surface area contributed by atoms with Gasteiger partial charge in [0.1, 0.15) is 0 Å². The normalized spacial score (nSPS) is 30.6. The summed E-state index contributed by atoms with van der Waals surface area (Å²) in [7, 11) is 0. The van der Waals surface area contributed by atoms with E-state index >= 15 is 0 Å². The lowest BCUT2D eigenvalue weighted by Crippen LogP contribution is -2.55. The first-order valence-electron chi connectivity index (χ1n) is 12.9. The highest BCUT2D eigenvalue weighted by atomic mass is 35.7. The maximum atomic E-state index is 6.34. The highest BCUT2D eigenvalue weighted by Crippen LogP contribution is 2.66. The molecule has 2 aromatic carbocycles. The van der Waals surface area contributed by atoms with E-state index in [1.807, 2.05) is 13.1 Å². The second kappa shape index (κ2) is 9.41. The predicted octanol–water partition coefficient (Wildman–Crippen LogP) is 9.66. The molecule has 2 aromatic rings. The van der Waals surface area contributed by atoms with Crippen LogP contribution >= 0.6 is 44.3 Å². The monoisotopic (exact) mass is 568 g/mol. The van der Waals surface area contributed by atoms with E-state index < -0.39 is 13.4 Å². The SMILES string of the molecule is C[Si](Cl)(Cl)CCc1ccc(C23CC4CC(C2)CC(c2ccc(CC[Si](C)(Cl)Cl)cc2)(C4)C3)cc1. The fraction of sp³-hybridized carbons (Fsp3) is 0.571. The van der Waals surface area contributed by atoms with Gasteiger partial charge in [0.05, 0.1) is 0 Å². The third-order valence-electron chi connectivity index (χ3n) is 8.90. The van der Waals surface area contributed by atoms with Gasteiger partial charge in [-0.25, -0.2) is 0 Å².